The molecule has 0 aliphatic rings. The monoisotopic (exact) mass is 277 g/mol. The molecule has 3 heteroatoms. The normalized spacial score (nSPS) is 12.0. The van der Waals surface area contributed by atoms with Crippen molar-refractivity contribution in [2.24, 2.45) is 0 Å². The van der Waals surface area contributed by atoms with E-state index in [0.717, 1.165) is 12.2 Å². The molecular weight excluding hydrogens is 258 g/mol. The standard InChI is InChI=1S/C18H19N3/c1-15(17-6-3-2-4-7-17)20-18-10-8-16(9-11-18)14-21-13-5-12-19-21/h2-13,15,20H,14H2,1H3. The number of aromatic nitrogens is 2. The van der Waals surface area contributed by atoms with Gasteiger partial charge in [-0.3, -0.25) is 4.68 Å². The van der Waals surface area contributed by atoms with Gasteiger partial charge in [-0.1, -0.05) is 42.5 Å². The van der Waals surface area contributed by atoms with Crippen molar-refractivity contribution in [1.82, 2.24) is 9.78 Å². The number of benzene rings is 2. The summed E-state index contributed by atoms with van der Waals surface area (Å²) in [4.78, 5) is 0. The summed E-state index contributed by atoms with van der Waals surface area (Å²) in [5, 5.41) is 7.74. The predicted molar refractivity (Wildman–Crippen MR) is 86.3 cm³/mol. The molecule has 0 saturated carbocycles. The number of nitrogens with zero attached hydrogens (tertiary/aromatic N) is 2. The average Bonchev–Trinajstić information content (AvgIpc) is 3.03. The van der Waals surface area contributed by atoms with Crippen LogP contribution in [-0.2, 0) is 6.54 Å². The lowest BCUT2D eigenvalue weighted by Crippen LogP contribution is -2.06. The molecule has 0 amide bonds. The van der Waals surface area contributed by atoms with Crippen LogP contribution in [0.1, 0.15) is 24.1 Å². The summed E-state index contributed by atoms with van der Waals surface area (Å²) in [7, 11) is 0. The van der Waals surface area contributed by atoms with E-state index < -0.39 is 0 Å². The second kappa shape index (κ2) is 6.27. The minimum absolute atomic E-state index is 0.295. The average molecular weight is 277 g/mol. The Kier molecular flexibility index (Phi) is 4.01. The Hall–Kier alpha value is -2.55. The molecule has 0 aliphatic heterocycles. The van der Waals surface area contributed by atoms with Crippen LogP contribution < -0.4 is 5.32 Å². The Labute approximate surface area is 125 Å². The number of rotatable bonds is 5. The summed E-state index contributed by atoms with van der Waals surface area (Å²) in [6, 6.07) is 21.2. The van der Waals surface area contributed by atoms with Gasteiger partial charge < -0.3 is 5.32 Å². The molecule has 1 atom stereocenters. The predicted octanol–water partition coefficient (Wildman–Crippen LogP) is 4.10. The molecule has 2 aromatic carbocycles. The van der Waals surface area contributed by atoms with E-state index in [1.54, 1.807) is 6.20 Å². The zero-order valence-electron chi connectivity index (χ0n) is 12.1. The number of nitrogens with one attached hydrogen (secondary N) is 1. The topological polar surface area (TPSA) is 29.9 Å². The first-order chi connectivity index (χ1) is 10.3. The highest BCUT2D eigenvalue weighted by Gasteiger charge is 2.04. The molecule has 0 bridgehead atoms. The molecule has 3 aromatic rings. The van der Waals surface area contributed by atoms with Gasteiger partial charge in [0.25, 0.3) is 0 Å². The van der Waals surface area contributed by atoms with Crippen molar-refractivity contribution in [3.8, 4) is 0 Å². The van der Waals surface area contributed by atoms with Crippen LogP contribution in [-0.4, -0.2) is 9.78 Å². The highest BCUT2D eigenvalue weighted by atomic mass is 15.3. The molecule has 1 aromatic heterocycles. The quantitative estimate of drug-likeness (QED) is 0.760. The van der Waals surface area contributed by atoms with E-state index >= 15 is 0 Å². The van der Waals surface area contributed by atoms with E-state index in [4.69, 9.17) is 0 Å². The van der Waals surface area contributed by atoms with E-state index in [1.165, 1.54) is 11.1 Å². The fourth-order valence-corrected chi connectivity index (χ4v) is 2.36. The summed E-state index contributed by atoms with van der Waals surface area (Å²) in [6.07, 6.45) is 3.78. The van der Waals surface area contributed by atoms with Crippen molar-refractivity contribution >= 4 is 5.69 Å². The Balaban J connectivity index is 1.64. The lowest BCUT2D eigenvalue weighted by Gasteiger charge is -2.16. The number of anilines is 1. The first kappa shape index (κ1) is 13.4. The van der Waals surface area contributed by atoms with Crippen LogP contribution in [0.3, 0.4) is 0 Å². The molecule has 0 aliphatic carbocycles. The largest absolute Gasteiger partial charge is 0.379 e. The molecular formula is C18H19N3. The van der Waals surface area contributed by atoms with E-state index in [0.29, 0.717) is 6.04 Å². The zero-order valence-corrected chi connectivity index (χ0v) is 12.1. The van der Waals surface area contributed by atoms with E-state index in [1.807, 2.05) is 23.0 Å². The lowest BCUT2D eigenvalue weighted by atomic mass is 10.1. The van der Waals surface area contributed by atoms with Crippen molar-refractivity contribution in [2.75, 3.05) is 5.32 Å². The third-order valence-electron chi connectivity index (χ3n) is 3.54. The van der Waals surface area contributed by atoms with Gasteiger partial charge in [-0.05, 0) is 36.2 Å². The van der Waals surface area contributed by atoms with Crippen LogP contribution in [0, 0.1) is 0 Å². The molecule has 1 heterocycles. The summed E-state index contributed by atoms with van der Waals surface area (Å²) in [6.45, 7) is 2.98. The van der Waals surface area contributed by atoms with Gasteiger partial charge in [0.05, 0.1) is 6.54 Å². The molecule has 106 valence electrons. The van der Waals surface area contributed by atoms with Crippen LogP contribution in [0.25, 0.3) is 0 Å². The molecule has 0 spiro atoms. The second-order valence-corrected chi connectivity index (χ2v) is 5.18. The molecule has 3 rings (SSSR count). The van der Waals surface area contributed by atoms with Crippen molar-refractivity contribution in [3.63, 3.8) is 0 Å². The molecule has 1 unspecified atom stereocenters. The first-order valence-corrected chi connectivity index (χ1v) is 7.19. The third-order valence-corrected chi connectivity index (χ3v) is 3.54. The molecule has 3 nitrogen and oxygen atoms in total. The van der Waals surface area contributed by atoms with Gasteiger partial charge in [0.1, 0.15) is 0 Å². The lowest BCUT2D eigenvalue weighted by molar-refractivity contribution is 0.687. The van der Waals surface area contributed by atoms with Crippen LogP contribution in [0.5, 0.6) is 0 Å². The fraction of sp³-hybridized carbons (Fsp3) is 0.167. The summed E-state index contributed by atoms with van der Waals surface area (Å²) in [5.41, 5.74) is 3.67. The molecule has 0 fully saturated rings. The highest BCUT2D eigenvalue weighted by Crippen LogP contribution is 2.19. The summed E-state index contributed by atoms with van der Waals surface area (Å²) in [5.74, 6) is 0. The Morgan fingerprint density at radius 3 is 2.43 bits per heavy atom. The summed E-state index contributed by atoms with van der Waals surface area (Å²) >= 11 is 0. The smallest absolute Gasteiger partial charge is 0.0659 e. The maximum absolute atomic E-state index is 4.22. The van der Waals surface area contributed by atoms with Crippen LogP contribution in [0.4, 0.5) is 5.69 Å². The Morgan fingerprint density at radius 2 is 1.76 bits per heavy atom. The van der Waals surface area contributed by atoms with E-state index in [-0.39, 0.29) is 0 Å². The third kappa shape index (κ3) is 3.51. The second-order valence-electron chi connectivity index (χ2n) is 5.18. The summed E-state index contributed by atoms with van der Waals surface area (Å²) < 4.78 is 1.93. The van der Waals surface area contributed by atoms with E-state index in [2.05, 4.69) is 65.9 Å². The first-order valence-electron chi connectivity index (χ1n) is 7.19. The Morgan fingerprint density at radius 1 is 1.00 bits per heavy atom. The van der Waals surface area contributed by atoms with E-state index in [9.17, 15) is 0 Å². The maximum Gasteiger partial charge on any atom is 0.0659 e. The molecule has 1 N–H and O–H groups in total. The van der Waals surface area contributed by atoms with Crippen molar-refractivity contribution in [1.29, 1.82) is 0 Å². The zero-order chi connectivity index (χ0) is 14.5. The van der Waals surface area contributed by atoms with Crippen molar-refractivity contribution in [3.05, 3.63) is 84.2 Å². The highest BCUT2D eigenvalue weighted by molar-refractivity contribution is 5.46. The molecule has 0 saturated heterocycles. The molecule has 0 radical (unpaired) electrons. The maximum atomic E-state index is 4.22. The van der Waals surface area contributed by atoms with Crippen LogP contribution in [0.2, 0.25) is 0 Å². The van der Waals surface area contributed by atoms with Gasteiger partial charge in [0, 0.05) is 24.1 Å². The van der Waals surface area contributed by atoms with Crippen LogP contribution in [0.15, 0.2) is 73.1 Å². The fourth-order valence-electron chi connectivity index (χ4n) is 2.36. The van der Waals surface area contributed by atoms with Gasteiger partial charge >= 0.3 is 0 Å². The van der Waals surface area contributed by atoms with Crippen molar-refractivity contribution < 1.29 is 0 Å². The number of hydrogen-bond acceptors (Lipinski definition) is 2. The van der Waals surface area contributed by atoms with Gasteiger partial charge in [-0.2, -0.15) is 5.10 Å². The van der Waals surface area contributed by atoms with Gasteiger partial charge in [-0.25, -0.2) is 0 Å². The van der Waals surface area contributed by atoms with Gasteiger partial charge in [0.15, 0.2) is 0 Å². The van der Waals surface area contributed by atoms with Gasteiger partial charge in [-0.15, -0.1) is 0 Å². The molecule has 21 heavy (non-hydrogen) atoms. The Bertz CT molecular complexity index is 657. The van der Waals surface area contributed by atoms with Crippen molar-refractivity contribution in [2.45, 2.75) is 19.5 Å². The minimum atomic E-state index is 0.295. The SMILES string of the molecule is CC(Nc1ccc(Cn2cccn2)cc1)c1ccccc1. The number of hydrogen-bond donors (Lipinski definition) is 1. The minimum Gasteiger partial charge on any atom is -0.379 e. The van der Waals surface area contributed by atoms with Gasteiger partial charge in [0.2, 0.25) is 0 Å². The van der Waals surface area contributed by atoms with Crippen LogP contribution >= 0.6 is 0 Å².